The van der Waals surface area contributed by atoms with Crippen LogP contribution >= 0.6 is 0 Å². The molecule has 0 heterocycles. The van der Waals surface area contributed by atoms with Crippen molar-refractivity contribution >= 4 is 27.1 Å². The zero-order valence-corrected chi connectivity index (χ0v) is 11.3. The Balaban J connectivity index is 2.36. The zero-order valence-electron chi connectivity index (χ0n) is 10.5. The molecular weight excluding hydrogens is 301 g/mol. The summed E-state index contributed by atoms with van der Waals surface area (Å²) in [6.07, 6.45) is 0. The summed E-state index contributed by atoms with van der Waals surface area (Å²) < 4.78 is 39.8. The van der Waals surface area contributed by atoms with E-state index >= 15 is 0 Å². The topological polar surface area (TPSA) is 115 Å². The van der Waals surface area contributed by atoms with Crippen LogP contribution in [-0.2, 0) is 10.0 Å². The quantitative estimate of drug-likeness (QED) is 0.510. The Morgan fingerprint density at radius 2 is 1.90 bits per heavy atom. The van der Waals surface area contributed by atoms with E-state index in [0.29, 0.717) is 11.8 Å². The average molecular weight is 311 g/mol. The van der Waals surface area contributed by atoms with Crippen molar-refractivity contribution in [3.8, 4) is 0 Å². The number of benzene rings is 2. The number of rotatable bonds is 4. The van der Waals surface area contributed by atoms with Gasteiger partial charge in [-0.15, -0.1) is 0 Å². The lowest BCUT2D eigenvalue weighted by Gasteiger charge is -2.08. The Bertz CT molecular complexity index is 808. The van der Waals surface area contributed by atoms with Crippen molar-refractivity contribution in [1.82, 2.24) is 0 Å². The molecule has 0 aliphatic carbocycles. The number of anilines is 2. The van der Waals surface area contributed by atoms with Crippen molar-refractivity contribution in [2.24, 2.45) is 0 Å². The van der Waals surface area contributed by atoms with Gasteiger partial charge in [-0.3, -0.25) is 14.8 Å². The lowest BCUT2D eigenvalue weighted by molar-refractivity contribution is -0.387. The van der Waals surface area contributed by atoms with Crippen LogP contribution in [-0.4, -0.2) is 13.3 Å². The summed E-state index contributed by atoms with van der Waals surface area (Å²) in [6.45, 7) is 0. The summed E-state index contributed by atoms with van der Waals surface area (Å²) in [4.78, 5) is 9.14. The van der Waals surface area contributed by atoms with Crippen LogP contribution in [0.4, 0.5) is 21.5 Å². The molecule has 0 fully saturated rings. The fraction of sp³-hybridized carbons (Fsp3) is 0. The minimum Gasteiger partial charge on any atom is -0.399 e. The van der Waals surface area contributed by atoms with Crippen LogP contribution < -0.4 is 10.5 Å². The number of hydrogen-bond donors (Lipinski definition) is 2. The lowest BCUT2D eigenvalue weighted by atomic mass is 10.3. The molecule has 0 atom stereocenters. The highest BCUT2D eigenvalue weighted by molar-refractivity contribution is 7.92. The van der Waals surface area contributed by atoms with Crippen molar-refractivity contribution < 1.29 is 17.7 Å². The molecule has 9 heteroatoms. The number of nitrogen functional groups attached to an aromatic ring is 1. The fourth-order valence-corrected chi connectivity index (χ4v) is 2.68. The molecule has 0 unspecified atom stereocenters. The number of sulfonamides is 1. The number of halogens is 1. The van der Waals surface area contributed by atoms with Gasteiger partial charge < -0.3 is 5.73 Å². The molecule has 0 aliphatic rings. The van der Waals surface area contributed by atoms with Crippen LogP contribution in [0.25, 0.3) is 0 Å². The van der Waals surface area contributed by atoms with Crippen molar-refractivity contribution in [3.05, 3.63) is 58.4 Å². The van der Waals surface area contributed by atoms with E-state index in [4.69, 9.17) is 5.73 Å². The van der Waals surface area contributed by atoms with E-state index in [1.54, 1.807) is 12.1 Å². The third-order valence-electron chi connectivity index (χ3n) is 2.56. The summed E-state index contributed by atoms with van der Waals surface area (Å²) in [5.41, 5.74) is 5.28. The van der Waals surface area contributed by atoms with Gasteiger partial charge in [-0.1, -0.05) is 6.07 Å². The van der Waals surface area contributed by atoms with Gasteiger partial charge >= 0.3 is 5.69 Å². The first-order valence-electron chi connectivity index (χ1n) is 5.62. The fourth-order valence-electron chi connectivity index (χ4n) is 1.62. The Hall–Kier alpha value is -2.68. The maximum atomic E-state index is 13.5. The van der Waals surface area contributed by atoms with E-state index in [-0.39, 0.29) is 5.69 Å². The van der Waals surface area contributed by atoms with Gasteiger partial charge in [-0.25, -0.2) is 8.42 Å². The minimum atomic E-state index is -4.06. The van der Waals surface area contributed by atoms with Gasteiger partial charge in [0, 0.05) is 17.8 Å². The summed E-state index contributed by atoms with van der Waals surface area (Å²) in [6, 6.07) is 8.31. The smallest absolute Gasteiger partial charge is 0.304 e. The van der Waals surface area contributed by atoms with E-state index in [0.717, 1.165) is 12.1 Å². The van der Waals surface area contributed by atoms with Crippen molar-refractivity contribution in [2.45, 2.75) is 4.90 Å². The molecule has 2 aromatic rings. The first kappa shape index (κ1) is 14.7. The summed E-state index contributed by atoms with van der Waals surface area (Å²) in [5.74, 6) is -1.23. The van der Waals surface area contributed by atoms with E-state index in [2.05, 4.69) is 4.72 Å². The molecule has 3 N–H and O–H groups in total. The van der Waals surface area contributed by atoms with Crippen LogP contribution in [0.5, 0.6) is 0 Å². The first-order valence-corrected chi connectivity index (χ1v) is 7.10. The van der Waals surface area contributed by atoms with Crippen LogP contribution in [0.1, 0.15) is 0 Å². The predicted octanol–water partition coefficient (Wildman–Crippen LogP) is 2.12. The molecule has 2 aromatic carbocycles. The Morgan fingerprint density at radius 1 is 1.19 bits per heavy atom. The molecule has 0 bridgehead atoms. The number of nitro benzene ring substituents is 1. The number of nitro groups is 1. The number of hydrogen-bond acceptors (Lipinski definition) is 5. The number of nitrogens with one attached hydrogen (secondary N) is 1. The van der Waals surface area contributed by atoms with Crippen LogP contribution in [0, 0.1) is 15.9 Å². The summed E-state index contributed by atoms with van der Waals surface area (Å²) in [7, 11) is -4.06. The molecule has 21 heavy (non-hydrogen) atoms. The first-order chi connectivity index (χ1) is 9.79. The van der Waals surface area contributed by atoms with E-state index in [9.17, 15) is 22.9 Å². The van der Waals surface area contributed by atoms with E-state index in [1.807, 2.05) is 0 Å². The monoisotopic (exact) mass is 311 g/mol. The Labute approximate surface area is 119 Å². The third kappa shape index (κ3) is 3.26. The molecule has 0 aliphatic heterocycles. The number of nitrogens with zero attached hydrogens (tertiary/aromatic N) is 1. The normalized spacial score (nSPS) is 11.1. The average Bonchev–Trinajstić information content (AvgIpc) is 2.37. The summed E-state index contributed by atoms with van der Waals surface area (Å²) in [5, 5.41) is 10.5. The molecule has 110 valence electrons. The predicted molar refractivity (Wildman–Crippen MR) is 74.7 cm³/mol. The number of nitrogens with two attached hydrogens (primary N) is 1. The maximum Gasteiger partial charge on any atom is 0.304 e. The summed E-state index contributed by atoms with van der Waals surface area (Å²) >= 11 is 0. The van der Waals surface area contributed by atoms with E-state index in [1.165, 1.54) is 12.1 Å². The Morgan fingerprint density at radius 3 is 2.48 bits per heavy atom. The third-order valence-corrected chi connectivity index (χ3v) is 3.94. The van der Waals surface area contributed by atoms with Crippen molar-refractivity contribution in [3.63, 3.8) is 0 Å². The molecule has 7 nitrogen and oxygen atoms in total. The minimum absolute atomic E-state index is 0.203. The van der Waals surface area contributed by atoms with Gasteiger partial charge in [0.1, 0.15) is 0 Å². The molecular formula is C12H10FN3O4S. The molecule has 2 rings (SSSR count). The second-order valence-corrected chi connectivity index (χ2v) is 5.78. The standard InChI is InChI=1S/C12H10FN3O4S/c13-11-7-10(4-5-12(11)16(17)18)21(19,20)15-9-3-1-2-8(14)6-9/h1-7,15H,14H2. The van der Waals surface area contributed by atoms with Gasteiger partial charge in [-0.2, -0.15) is 4.39 Å². The highest BCUT2D eigenvalue weighted by atomic mass is 32.2. The largest absolute Gasteiger partial charge is 0.399 e. The van der Waals surface area contributed by atoms with Gasteiger partial charge in [-0.05, 0) is 24.3 Å². The van der Waals surface area contributed by atoms with Crippen molar-refractivity contribution in [2.75, 3.05) is 10.5 Å². The molecule has 0 aromatic heterocycles. The second-order valence-electron chi connectivity index (χ2n) is 4.10. The molecule has 0 radical (unpaired) electrons. The second kappa shape index (κ2) is 5.37. The lowest BCUT2D eigenvalue weighted by Crippen LogP contribution is -2.13. The SMILES string of the molecule is Nc1cccc(NS(=O)(=O)c2ccc([N+](=O)[O-])c(F)c2)c1. The molecule has 0 saturated carbocycles. The van der Waals surface area contributed by atoms with E-state index < -0.39 is 31.3 Å². The van der Waals surface area contributed by atoms with Gasteiger partial charge in [0.2, 0.25) is 5.82 Å². The Kier molecular flexibility index (Phi) is 3.76. The van der Waals surface area contributed by atoms with Crippen LogP contribution in [0.3, 0.4) is 0 Å². The van der Waals surface area contributed by atoms with Gasteiger partial charge in [0.25, 0.3) is 10.0 Å². The van der Waals surface area contributed by atoms with Crippen molar-refractivity contribution in [1.29, 1.82) is 0 Å². The van der Waals surface area contributed by atoms with Gasteiger partial charge in [0.15, 0.2) is 0 Å². The van der Waals surface area contributed by atoms with Crippen LogP contribution in [0.15, 0.2) is 47.4 Å². The van der Waals surface area contributed by atoms with Crippen LogP contribution in [0.2, 0.25) is 0 Å². The molecule has 0 spiro atoms. The highest BCUT2D eigenvalue weighted by Gasteiger charge is 2.20. The zero-order chi connectivity index (χ0) is 15.6. The van der Waals surface area contributed by atoms with Gasteiger partial charge in [0.05, 0.1) is 15.5 Å². The maximum absolute atomic E-state index is 13.5. The molecule has 0 amide bonds. The molecule has 0 saturated heterocycles. The highest BCUT2D eigenvalue weighted by Crippen LogP contribution is 2.23.